The molecule has 88 valence electrons. The van der Waals surface area contributed by atoms with E-state index in [0.717, 1.165) is 18.8 Å². The molecule has 2 rings (SSSR count). The molecule has 16 heavy (non-hydrogen) atoms. The average molecular weight is 218 g/mol. The van der Waals surface area contributed by atoms with E-state index in [1.54, 1.807) is 0 Å². The van der Waals surface area contributed by atoms with Gasteiger partial charge in [0.2, 0.25) is 0 Å². The lowest BCUT2D eigenvalue weighted by atomic mass is 9.83. The van der Waals surface area contributed by atoms with Crippen molar-refractivity contribution >= 4 is 0 Å². The van der Waals surface area contributed by atoms with Crippen molar-refractivity contribution in [2.24, 2.45) is 5.41 Å². The fraction of sp³-hybridized carbons (Fsp3) is 0.600. The van der Waals surface area contributed by atoms with Gasteiger partial charge in [0.25, 0.3) is 0 Å². The molecule has 0 N–H and O–H groups in total. The zero-order valence-corrected chi connectivity index (χ0v) is 11.1. The third-order valence-electron chi connectivity index (χ3n) is 3.10. The molecule has 1 heteroatoms. The summed E-state index contributed by atoms with van der Waals surface area (Å²) in [5.41, 5.74) is 3.31. The first-order valence-corrected chi connectivity index (χ1v) is 6.04. The Kier molecular flexibility index (Phi) is 2.52. The maximum atomic E-state index is 5.70. The first-order valence-electron chi connectivity index (χ1n) is 6.04. The van der Waals surface area contributed by atoms with Gasteiger partial charge in [0.1, 0.15) is 5.75 Å². The smallest absolute Gasteiger partial charge is 0.123 e. The maximum absolute atomic E-state index is 5.70. The minimum Gasteiger partial charge on any atom is -0.492 e. The van der Waals surface area contributed by atoms with Crippen LogP contribution in [0, 0.1) is 5.41 Å². The highest BCUT2D eigenvalue weighted by atomic mass is 16.5. The van der Waals surface area contributed by atoms with Crippen LogP contribution in [-0.2, 0) is 11.8 Å². The van der Waals surface area contributed by atoms with E-state index in [2.05, 4.69) is 52.8 Å². The van der Waals surface area contributed by atoms with Gasteiger partial charge in [0.15, 0.2) is 0 Å². The Labute approximate surface area is 98.8 Å². The van der Waals surface area contributed by atoms with Crippen LogP contribution in [0.4, 0.5) is 0 Å². The second-order valence-electron chi connectivity index (χ2n) is 6.74. The molecule has 0 saturated carbocycles. The summed E-state index contributed by atoms with van der Waals surface area (Å²) in [5.74, 6) is 1.07. The van der Waals surface area contributed by atoms with Gasteiger partial charge in [-0.25, -0.2) is 0 Å². The minimum absolute atomic E-state index is 0.170. The third kappa shape index (κ3) is 2.23. The summed E-state index contributed by atoms with van der Waals surface area (Å²) in [6.07, 6.45) is 1.12. The van der Waals surface area contributed by atoms with Crippen LogP contribution in [0.3, 0.4) is 0 Å². The normalized spacial score (nSPS) is 18.1. The van der Waals surface area contributed by atoms with Crippen molar-refractivity contribution in [2.75, 3.05) is 6.61 Å². The SMILES string of the molecule is CC(C)(C)Cc1ccc2c(c1)C(C)(C)CO2. The van der Waals surface area contributed by atoms with Crippen LogP contribution in [0.5, 0.6) is 5.75 Å². The molecule has 0 fully saturated rings. The van der Waals surface area contributed by atoms with Gasteiger partial charge in [0, 0.05) is 11.0 Å². The molecule has 1 aromatic rings. The molecule has 0 spiro atoms. The van der Waals surface area contributed by atoms with Crippen molar-refractivity contribution < 1.29 is 4.74 Å². The summed E-state index contributed by atoms with van der Waals surface area (Å²) in [4.78, 5) is 0. The zero-order valence-electron chi connectivity index (χ0n) is 11.1. The quantitative estimate of drug-likeness (QED) is 0.693. The van der Waals surface area contributed by atoms with Gasteiger partial charge in [-0.1, -0.05) is 46.8 Å². The van der Waals surface area contributed by atoms with E-state index < -0.39 is 0 Å². The summed E-state index contributed by atoms with van der Waals surface area (Å²) in [6.45, 7) is 12.1. The second kappa shape index (κ2) is 3.51. The average Bonchev–Trinajstić information content (AvgIpc) is 2.40. The summed E-state index contributed by atoms with van der Waals surface area (Å²) in [5, 5.41) is 0. The number of fused-ring (bicyclic) bond motifs is 1. The molecule has 0 radical (unpaired) electrons. The molecule has 0 aromatic heterocycles. The summed E-state index contributed by atoms with van der Waals surface area (Å²) in [7, 11) is 0. The predicted octanol–water partition coefficient (Wildman–Crippen LogP) is 3.95. The second-order valence-corrected chi connectivity index (χ2v) is 6.74. The molecule has 1 aliphatic heterocycles. The molecule has 0 atom stereocenters. The molecule has 1 heterocycles. The van der Waals surface area contributed by atoms with Crippen LogP contribution in [0.2, 0.25) is 0 Å². The summed E-state index contributed by atoms with van der Waals surface area (Å²) in [6, 6.07) is 6.66. The topological polar surface area (TPSA) is 9.23 Å². The highest BCUT2D eigenvalue weighted by Gasteiger charge is 2.31. The Bertz CT molecular complexity index is 396. The van der Waals surface area contributed by atoms with Crippen molar-refractivity contribution in [1.29, 1.82) is 0 Å². The van der Waals surface area contributed by atoms with Crippen molar-refractivity contribution in [3.63, 3.8) is 0 Å². The zero-order chi connectivity index (χ0) is 12.0. The van der Waals surface area contributed by atoms with Crippen molar-refractivity contribution in [3.05, 3.63) is 29.3 Å². The molecule has 0 amide bonds. The van der Waals surface area contributed by atoms with Crippen molar-refractivity contribution in [2.45, 2.75) is 46.5 Å². The van der Waals surface area contributed by atoms with E-state index in [-0.39, 0.29) is 5.41 Å². The number of hydrogen-bond acceptors (Lipinski definition) is 1. The highest BCUT2D eigenvalue weighted by molar-refractivity contribution is 5.45. The first kappa shape index (κ1) is 11.5. The van der Waals surface area contributed by atoms with E-state index in [9.17, 15) is 0 Å². The molecule has 1 nitrogen and oxygen atoms in total. The molecule has 1 aliphatic rings. The number of ether oxygens (including phenoxy) is 1. The predicted molar refractivity (Wildman–Crippen MR) is 68.1 cm³/mol. The molecule has 1 aromatic carbocycles. The fourth-order valence-electron chi connectivity index (χ4n) is 2.29. The van der Waals surface area contributed by atoms with Gasteiger partial charge in [-0.3, -0.25) is 0 Å². The maximum Gasteiger partial charge on any atom is 0.123 e. The number of benzene rings is 1. The molecule has 0 unspecified atom stereocenters. The van der Waals surface area contributed by atoms with Gasteiger partial charge < -0.3 is 4.74 Å². The van der Waals surface area contributed by atoms with Crippen LogP contribution < -0.4 is 4.74 Å². The molecule has 0 saturated heterocycles. The van der Waals surface area contributed by atoms with Crippen LogP contribution in [0.1, 0.15) is 45.7 Å². The van der Waals surface area contributed by atoms with E-state index in [1.807, 2.05) is 0 Å². The van der Waals surface area contributed by atoms with Crippen LogP contribution >= 0.6 is 0 Å². The molecular formula is C15H22O. The van der Waals surface area contributed by atoms with Gasteiger partial charge >= 0.3 is 0 Å². The minimum atomic E-state index is 0.170. The van der Waals surface area contributed by atoms with Gasteiger partial charge in [0.05, 0.1) is 6.61 Å². The lowest BCUT2D eigenvalue weighted by Crippen LogP contribution is -2.18. The standard InChI is InChI=1S/C15H22O/c1-14(2,3)9-11-6-7-13-12(8-11)15(4,5)10-16-13/h6-8H,9-10H2,1-5H3. The van der Waals surface area contributed by atoms with E-state index in [1.165, 1.54) is 11.1 Å². The Morgan fingerprint density at radius 2 is 1.94 bits per heavy atom. The monoisotopic (exact) mass is 218 g/mol. The van der Waals surface area contributed by atoms with E-state index >= 15 is 0 Å². The van der Waals surface area contributed by atoms with Crippen LogP contribution in [0.25, 0.3) is 0 Å². The summed E-state index contributed by atoms with van der Waals surface area (Å²) >= 11 is 0. The Morgan fingerprint density at radius 3 is 2.56 bits per heavy atom. The Hall–Kier alpha value is -0.980. The fourth-order valence-corrected chi connectivity index (χ4v) is 2.29. The lowest BCUT2D eigenvalue weighted by molar-refractivity contribution is 0.291. The lowest BCUT2D eigenvalue weighted by Gasteiger charge is -2.20. The number of rotatable bonds is 1. The first-order chi connectivity index (χ1) is 7.28. The van der Waals surface area contributed by atoms with Crippen LogP contribution in [0.15, 0.2) is 18.2 Å². The molecule has 0 aliphatic carbocycles. The van der Waals surface area contributed by atoms with Gasteiger partial charge in [-0.2, -0.15) is 0 Å². The third-order valence-corrected chi connectivity index (χ3v) is 3.10. The molecule has 0 bridgehead atoms. The van der Waals surface area contributed by atoms with Gasteiger partial charge in [-0.15, -0.1) is 0 Å². The van der Waals surface area contributed by atoms with Crippen molar-refractivity contribution in [1.82, 2.24) is 0 Å². The van der Waals surface area contributed by atoms with Gasteiger partial charge in [-0.05, 0) is 23.5 Å². The number of hydrogen-bond donors (Lipinski definition) is 0. The summed E-state index contributed by atoms with van der Waals surface area (Å²) < 4.78 is 5.70. The van der Waals surface area contributed by atoms with E-state index in [0.29, 0.717) is 5.41 Å². The largest absolute Gasteiger partial charge is 0.492 e. The Balaban J connectivity index is 2.33. The highest BCUT2D eigenvalue weighted by Crippen LogP contribution is 2.39. The Morgan fingerprint density at radius 1 is 1.25 bits per heavy atom. The van der Waals surface area contributed by atoms with Crippen molar-refractivity contribution in [3.8, 4) is 5.75 Å². The van der Waals surface area contributed by atoms with E-state index in [4.69, 9.17) is 4.74 Å². The molecular weight excluding hydrogens is 196 g/mol. The van der Waals surface area contributed by atoms with Crippen LogP contribution in [-0.4, -0.2) is 6.61 Å².